The molecule has 0 spiro atoms. The van der Waals surface area contributed by atoms with E-state index in [0.717, 1.165) is 31.7 Å². The molecule has 1 aromatic rings. The Morgan fingerprint density at radius 2 is 2.10 bits per heavy atom. The van der Waals surface area contributed by atoms with E-state index in [1.54, 1.807) is 0 Å². The van der Waals surface area contributed by atoms with Crippen molar-refractivity contribution in [2.24, 2.45) is 5.92 Å². The van der Waals surface area contributed by atoms with E-state index < -0.39 is 6.10 Å². The lowest BCUT2D eigenvalue weighted by molar-refractivity contribution is -0.139. The number of likely N-dealkylation sites (tertiary alicyclic amines) is 1. The first-order valence-corrected chi connectivity index (χ1v) is 7.64. The first-order valence-electron chi connectivity index (χ1n) is 7.64. The van der Waals surface area contributed by atoms with Gasteiger partial charge in [-0.1, -0.05) is 26.0 Å². The predicted molar refractivity (Wildman–Crippen MR) is 80.9 cm³/mol. The molecule has 0 bridgehead atoms. The average Bonchev–Trinajstić information content (AvgIpc) is 2.47. The number of nitrogens with zero attached hydrogens (tertiary/aromatic N) is 1. The highest BCUT2D eigenvalue weighted by Gasteiger charge is 2.25. The Hall–Kier alpha value is -1.51. The number of ether oxygens (including phenoxy) is 1. The molecule has 1 fully saturated rings. The van der Waals surface area contributed by atoms with Crippen molar-refractivity contribution < 1.29 is 9.53 Å². The molecule has 20 heavy (non-hydrogen) atoms. The average molecular weight is 275 g/mol. The molecule has 0 radical (unpaired) electrons. The Kier molecular flexibility index (Phi) is 5.05. The molecule has 3 heteroatoms. The molecular weight excluding hydrogens is 250 g/mol. The molecule has 0 aliphatic carbocycles. The van der Waals surface area contributed by atoms with Gasteiger partial charge in [-0.2, -0.15) is 0 Å². The van der Waals surface area contributed by atoms with E-state index in [4.69, 9.17) is 4.74 Å². The van der Waals surface area contributed by atoms with Crippen LogP contribution in [-0.4, -0.2) is 30.0 Å². The number of amides is 1. The predicted octanol–water partition coefficient (Wildman–Crippen LogP) is 3.27. The van der Waals surface area contributed by atoms with Crippen LogP contribution in [0.2, 0.25) is 0 Å². The number of hydrogen-bond acceptors (Lipinski definition) is 2. The van der Waals surface area contributed by atoms with E-state index in [1.807, 2.05) is 24.0 Å². The summed E-state index contributed by atoms with van der Waals surface area (Å²) < 4.78 is 5.77. The normalized spacial score (nSPS) is 20.6. The zero-order valence-corrected chi connectivity index (χ0v) is 12.8. The van der Waals surface area contributed by atoms with Gasteiger partial charge >= 0.3 is 0 Å². The molecular formula is C17H25NO2. The van der Waals surface area contributed by atoms with Crippen molar-refractivity contribution in [1.82, 2.24) is 4.90 Å². The molecule has 3 nitrogen and oxygen atoms in total. The van der Waals surface area contributed by atoms with E-state index in [1.165, 1.54) is 12.0 Å². The zero-order valence-electron chi connectivity index (χ0n) is 12.8. The number of benzene rings is 1. The fourth-order valence-electron chi connectivity index (χ4n) is 2.70. The fraction of sp³-hybridized carbons (Fsp3) is 0.588. The zero-order chi connectivity index (χ0) is 14.5. The van der Waals surface area contributed by atoms with Gasteiger partial charge in [0.25, 0.3) is 5.91 Å². The van der Waals surface area contributed by atoms with Crippen LogP contribution in [-0.2, 0) is 11.2 Å². The Labute approximate surface area is 121 Å². The Morgan fingerprint density at radius 1 is 1.40 bits per heavy atom. The standard InChI is InChI=1S/C17H25NO2/c1-4-15-7-9-16(10-8-15)20-14(3)17(19)18-11-5-6-13(2)12-18/h7-10,13-14H,4-6,11-12H2,1-3H3/t13-,14-/m1/s1. The minimum atomic E-state index is -0.409. The molecule has 1 amide bonds. The van der Waals surface area contributed by atoms with Gasteiger partial charge in [0.1, 0.15) is 5.75 Å². The van der Waals surface area contributed by atoms with Crippen LogP contribution in [0, 0.1) is 5.92 Å². The van der Waals surface area contributed by atoms with Crippen molar-refractivity contribution in [3.63, 3.8) is 0 Å². The highest BCUT2D eigenvalue weighted by Crippen LogP contribution is 2.19. The van der Waals surface area contributed by atoms with Crippen LogP contribution >= 0.6 is 0 Å². The van der Waals surface area contributed by atoms with Crippen molar-refractivity contribution in [2.45, 2.75) is 46.1 Å². The van der Waals surface area contributed by atoms with Gasteiger partial charge in [0, 0.05) is 13.1 Å². The van der Waals surface area contributed by atoms with Gasteiger partial charge in [0.2, 0.25) is 0 Å². The number of carbonyl (C=O) groups is 1. The minimum Gasteiger partial charge on any atom is -0.481 e. The summed E-state index contributed by atoms with van der Waals surface area (Å²) in [5.41, 5.74) is 1.28. The molecule has 1 saturated heterocycles. The van der Waals surface area contributed by atoms with Crippen molar-refractivity contribution >= 4 is 5.91 Å². The molecule has 0 aromatic heterocycles. The fourth-order valence-corrected chi connectivity index (χ4v) is 2.70. The summed E-state index contributed by atoms with van der Waals surface area (Å²) in [6, 6.07) is 7.99. The SMILES string of the molecule is CCc1ccc(O[C@H](C)C(=O)N2CCC[C@@H](C)C2)cc1. The largest absolute Gasteiger partial charge is 0.481 e. The maximum absolute atomic E-state index is 12.4. The number of carbonyl (C=O) groups excluding carboxylic acids is 1. The lowest BCUT2D eigenvalue weighted by Crippen LogP contribution is -2.45. The van der Waals surface area contributed by atoms with Crippen molar-refractivity contribution in [1.29, 1.82) is 0 Å². The summed E-state index contributed by atoms with van der Waals surface area (Å²) in [5.74, 6) is 1.48. The summed E-state index contributed by atoms with van der Waals surface area (Å²) in [5, 5.41) is 0. The quantitative estimate of drug-likeness (QED) is 0.844. The Balaban J connectivity index is 1.92. The van der Waals surface area contributed by atoms with Gasteiger partial charge in [-0.05, 0) is 49.8 Å². The third-order valence-corrected chi connectivity index (χ3v) is 3.96. The highest BCUT2D eigenvalue weighted by molar-refractivity contribution is 5.81. The Morgan fingerprint density at radius 3 is 2.70 bits per heavy atom. The molecule has 0 saturated carbocycles. The summed E-state index contributed by atoms with van der Waals surface area (Å²) in [4.78, 5) is 14.3. The summed E-state index contributed by atoms with van der Waals surface area (Å²) in [6.07, 6.45) is 2.93. The van der Waals surface area contributed by atoms with E-state index in [9.17, 15) is 4.79 Å². The topological polar surface area (TPSA) is 29.5 Å². The van der Waals surface area contributed by atoms with Gasteiger partial charge in [-0.15, -0.1) is 0 Å². The van der Waals surface area contributed by atoms with Crippen LogP contribution in [0.25, 0.3) is 0 Å². The van der Waals surface area contributed by atoms with Gasteiger partial charge in [-0.25, -0.2) is 0 Å². The second-order valence-corrected chi connectivity index (χ2v) is 5.79. The second kappa shape index (κ2) is 6.78. The van der Waals surface area contributed by atoms with Gasteiger partial charge < -0.3 is 9.64 Å². The molecule has 110 valence electrons. The molecule has 1 aliphatic rings. The first-order chi connectivity index (χ1) is 9.60. The maximum atomic E-state index is 12.4. The molecule has 1 aliphatic heterocycles. The van der Waals surface area contributed by atoms with Crippen molar-refractivity contribution in [3.8, 4) is 5.75 Å². The summed E-state index contributed by atoms with van der Waals surface area (Å²) in [6.45, 7) is 7.90. The van der Waals surface area contributed by atoms with Gasteiger partial charge in [0.15, 0.2) is 6.10 Å². The third-order valence-electron chi connectivity index (χ3n) is 3.96. The van der Waals surface area contributed by atoms with E-state index >= 15 is 0 Å². The van der Waals surface area contributed by atoms with Crippen LogP contribution in [0.3, 0.4) is 0 Å². The number of aryl methyl sites for hydroxylation is 1. The number of rotatable bonds is 4. The van der Waals surface area contributed by atoms with Crippen LogP contribution in [0.15, 0.2) is 24.3 Å². The minimum absolute atomic E-state index is 0.108. The summed E-state index contributed by atoms with van der Waals surface area (Å²) in [7, 11) is 0. The first kappa shape index (κ1) is 14.9. The lowest BCUT2D eigenvalue weighted by atomic mass is 10.00. The van der Waals surface area contributed by atoms with Crippen LogP contribution in [0.5, 0.6) is 5.75 Å². The second-order valence-electron chi connectivity index (χ2n) is 5.79. The Bertz CT molecular complexity index is 441. The number of hydrogen-bond donors (Lipinski definition) is 0. The van der Waals surface area contributed by atoms with Gasteiger partial charge in [0.05, 0.1) is 0 Å². The molecule has 0 N–H and O–H groups in total. The van der Waals surface area contributed by atoms with Crippen molar-refractivity contribution in [2.75, 3.05) is 13.1 Å². The third kappa shape index (κ3) is 3.75. The maximum Gasteiger partial charge on any atom is 0.263 e. The van der Waals surface area contributed by atoms with Gasteiger partial charge in [-0.3, -0.25) is 4.79 Å². The molecule has 1 aromatic carbocycles. The lowest BCUT2D eigenvalue weighted by Gasteiger charge is -2.32. The van der Waals surface area contributed by atoms with Crippen molar-refractivity contribution in [3.05, 3.63) is 29.8 Å². The molecule has 2 atom stereocenters. The van der Waals surface area contributed by atoms with Crippen LogP contribution < -0.4 is 4.74 Å². The van der Waals surface area contributed by atoms with Crippen LogP contribution in [0.1, 0.15) is 39.2 Å². The van der Waals surface area contributed by atoms with E-state index in [-0.39, 0.29) is 5.91 Å². The smallest absolute Gasteiger partial charge is 0.263 e. The number of piperidine rings is 1. The van der Waals surface area contributed by atoms with Crippen LogP contribution in [0.4, 0.5) is 0 Å². The monoisotopic (exact) mass is 275 g/mol. The van der Waals surface area contributed by atoms with E-state index in [0.29, 0.717) is 5.92 Å². The molecule has 2 rings (SSSR count). The van der Waals surface area contributed by atoms with E-state index in [2.05, 4.69) is 26.0 Å². The summed E-state index contributed by atoms with van der Waals surface area (Å²) >= 11 is 0. The highest BCUT2D eigenvalue weighted by atomic mass is 16.5. The molecule has 0 unspecified atom stereocenters. The molecule has 1 heterocycles.